The third-order valence-corrected chi connectivity index (χ3v) is 4.05. The molecule has 4 nitrogen and oxygen atoms in total. The number of carbonyl (C=O) groups excluding carboxylic acids is 1. The van der Waals surface area contributed by atoms with Crippen molar-refractivity contribution in [3.63, 3.8) is 0 Å². The molecule has 0 aromatic heterocycles. The van der Waals surface area contributed by atoms with Gasteiger partial charge in [0.1, 0.15) is 11.8 Å². The van der Waals surface area contributed by atoms with Gasteiger partial charge in [-0.15, -0.1) is 0 Å². The first-order valence-corrected chi connectivity index (χ1v) is 8.32. The molecule has 0 bridgehead atoms. The molecule has 0 aliphatic heterocycles. The number of carbonyl (C=O) groups is 1. The zero-order valence-corrected chi connectivity index (χ0v) is 16.0. The first kappa shape index (κ1) is 21.4. The number of benzene rings is 1. The van der Waals surface area contributed by atoms with Crippen molar-refractivity contribution in [2.75, 3.05) is 6.61 Å². The molecular formula is C19H29F2NO3. The van der Waals surface area contributed by atoms with Crippen molar-refractivity contribution in [1.29, 1.82) is 0 Å². The number of phenolic OH excluding ortho intramolecular Hbond substituents is 1. The van der Waals surface area contributed by atoms with Crippen LogP contribution >= 0.6 is 0 Å². The van der Waals surface area contributed by atoms with Gasteiger partial charge in [0, 0.05) is 0 Å². The Kier molecular flexibility index (Phi) is 5.90. The van der Waals surface area contributed by atoms with Gasteiger partial charge in [-0.1, -0.05) is 41.5 Å². The number of halogens is 2. The highest BCUT2D eigenvalue weighted by Gasteiger charge is 2.48. The van der Waals surface area contributed by atoms with Crippen molar-refractivity contribution in [3.05, 3.63) is 28.8 Å². The summed E-state index contributed by atoms with van der Waals surface area (Å²) in [5.41, 5.74) is 5.87. The number of nitrogens with two attached hydrogens (primary N) is 1. The molecule has 1 rings (SSSR count). The quantitative estimate of drug-likeness (QED) is 0.793. The van der Waals surface area contributed by atoms with Gasteiger partial charge in [0.05, 0.1) is 6.61 Å². The van der Waals surface area contributed by atoms with Crippen molar-refractivity contribution < 1.29 is 23.4 Å². The van der Waals surface area contributed by atoms with Gasteiger partial charge in [-0.2, -0.15) is 8.78 Å². The average molecular weight is 357 g/mol. The van der Waals surface area contributed by atoms with E-state index in [0.717, 1.165) is 0 Å². The molecule has 0 saturated heterocycles. The van der Waals surface area contributed by atoms with Gasteiger partial charge in [0.2, 0.25) is 0 Å². The van der Waals surface area contributed by atoms with Crippen LogP contribution in [0, 0.1) is 0 Å². The largest absolute Gasteiger partial charge is 0.507 e. The van der Waals surface area contributed by atoms with Crippen molar-refractivity contribution in [2.45, 2.75) is 71.3 Å². The van der Waals surface area contributed by atoms with Crippen LogP contribution in [-0.2, 0) is 20.4 Å². The third kappa shape index (κ3) is 4.48. The minimum Gasteiger partial charge on any atom is -0.507 e. The molecule has 3 N–H and O–H groups in total. The number of hydrogen-bond donors (Lipinski definition) is 2. The molecule has 6 heteroatoms. The Labute approximate surface area is 148 Å². The van der Waals surface area contributed by atoms with E-state index in [4.69, 9.17) is 5.73 Å². The standard InChI is InChI=1S/C19H29F2NO3/c1-8-25-16(24)19(20,21)15(22)11-9-12(17(2,3)4)14(23)13(10-11)18(5,6)7/h9-10,15,23H,8,22H2,1-7H3/t15-/m1/s1. The SMILES string of the molecule is CCOC(=O)C(F)(F)[C@H](N)c1cc(C(C)(C)C)c(O)c(C(C)(C)C)c1. The minimum atomic E-state index is -3.86. The number of aromatic hydroxyl groups is 1. The number of alkyl halides is 2. The lowest BCUT2D eigenvalue weighted by Gasteiger charge is -2.30. The third-order valence-electron chi connectivity index (χ3n) is 4.05. The first-order chi connectivity index (χ1) is 11.1. The Balaban J connectivity index is 3.58. The van der Waals surface area contributed by atoms with Gasteiger partial charge in [-0.25, -0.2) is 4.79 Å². The van der Waals surface area contributed by atoms with Gasteiger partial charge in [0.15, 0.2) is 0 Å². The molecule has 0 unspecified atom stereocenters. The predicted octanol–water partition coefficient (Wildman–Crippen LogP) is 4.19. The van der Waals surface area contributed by atoms with Crippen LogP contribution in [0.1, 0.15) is 71.2 Å². The number of ether oxygens (including phenoxy) is 1. The second-order valence-electron chi connectivity index (χ2n) is 8.29. The molecule has 1 aromatic rings. The maximum absolute atomic E-state index is 14.4. The van der Waals surface area contributed by atoms with E-state index in [0.29, 0.717) is 11.1 Å². The average Bonchev–Trinajstić information content (AvgIpc) is 2.44. The number of phenols is 1. The van der Waals surface area contributed by atoms with E-state index in [-0.39, 0.29) is 17.9 Å². The van der Waals surface area contributed by atoms with Crippen LogP contribution < -0.4 is 5.73 Å². The fourth-order valence-electron chi connectivity index (χ4n) is 2.54. The zero-order chi connectivity index (χ0) is 19.8. The smallest absolute Gasteiger partial charge is 0.379 e. The molecule has 0 saturated carbocycles. The Bertz CT molecular complexity index is 608. The molecule has 0 aliphatic carbocycles. The van der Waals surface area contributed by atoms with Crippen molar-refractivity contribution in [1.82, 2.24) is 0 Å². The summed E-state index contributed by atoms with van der Waals surface area (Å²) in [6, 6.07) is 1.03. The lowest BCUT2D eigenvalue weighted by atomic mass is 9.77. The molecule has 142 valence electrons. The van der Waals surface area contributed by atoms with Crippen LogP contribution in [-0.4, -0.2) is 23.6 Å². The van der Waals surface area contributed by atoms with Crippen LogP contribution in [0.4, 0.5) is 8.78 Å². The molecule has 0 heterocycles. The second kappa shape index (κ2) is 6.90. The van der Waals surface area contributed by atoms with Gasteiger partial charge < -0.3 is 15.6 Å². The molecule has 0 spiro atoms. The normalized spacial score (nSPS) is 14.3. The van der Waals surface area contributed by atoms with Gasteiger partial charge in [-0.05, 0) is 46.6 Å². The topological polar surface area (TPSA) is 72.5 Å². The highest BCUT2D eigenvalue weighted by atomic mass is 19.3. The van der Waals surface area contributed by atoms with Crippen LogP contribution in [0.2, 0.25) is 0 Å². The van der Waals surface area contributed by atoms with Gasteiger partial charge >= 0.3 is 11.9 Å². The first-order valence-electron chi connectivity index (χ1n) is 8.32. The highest BCUT2D eigenvalue weighted by Crippen LogP contribution is 2.42. The number of rotatable bonds is 4. The van der Waals surface area contributed by atoms with Gasteiger partial charge in [0.25, 0.3) is 0 Å². The van der Waals surface area contributed by atoms with Crippen LogP contribution in [0.5, 0.6) is 5.75 Å². The zero-order valence-electron chi connectivity index (χ0n) is 16.0. The summed E-state index contributed by atoms with van der Waals surface area (Å²) >= 11 is 0. The molecule has 1 aromatic carbocycles. The highest BCUT2D eigenvalue weighted by molar-refractivity contribution is 5.79. The van der Waals surface area contributed by atoms with Crippen LogP contribution in [0.15, 0.2) is 12.1 Å². The Morgan fingerprint density at radius 1 is 1.12 bits per heavy atom. The van der Waals surface area contributed by atoms with E-state index in [1.54, 1.807) is 0 Å². The fourth-order valence-corrected chi connectivity index (χ4v) is 2.54. The summed E-state index contributed by atoms with van der Waals surface area (Å²) in [7, 11) is 0. The Morgan fingerprint density at radius 2 is 1.52 bits per heavy atom. The van der Waals surface area contributed by atoms with E-state index in [2.05, 4.69) is 4.74 Å². The molecule has 25 heavy (non-hydrogen) atoms. The minimum absolute atomic E-state index is 0.0652. The predicted molar refractivity (Wildman–Crippen MR) is 94.0 cm³/mol. The lowest BCUT2D eigenvalue weighted by molar-refractivity contribution is -0.174. The van der Waals surface area contributed by atoms with Crippen molar-refractivity contribution in [3.8, 4) is 5.75 Å². The fraction of sp³-hybridized carbons (Fsp3) is 0.632. The number of esters is 1. The monoisotopic (exact) mass is 357 g/mol. The van der Waals surface area contributed by atoms with Crippen molar-refractivity contribution >= 4 is 5.97 Å². The Morgan fingerprint density at radius 3 is 1.84 bits per heavy atom. The lowest BCUT2D eigenvalue weighted by Crippen LogP contribution is -2.42. The van der Waals surface area contributed by atoms with Gasteiger partial charge in [-0.3, -0.25) is 0 Å². The second-order valence-corrected chi connectivity index (χ2v) is 8.29. The summed E-state index contributed by atoms with van der Waals surface area (Å²) in [4.78, 5) is 11.6. The Hall–Kier alpha value is -1.69. The summed E-state index contributed by atoms with van der Waals surface area (Å²) in [6.07, 6.45) is 0. The van der Waals surface area contributed by atoms with Crippen LogP contribution in [0.25, 0.3) is 0 Å². The molecule has 1 atom stereocenters. The van der Waals surface area contributed by atoms with E-state index >= 15 is 0 Å². The number of hydrogen-bond acceptors (Lipinski definition) is 4. The summed E-state index contributed by atoms with van der Waals surface area (Å²) in [5, 5.41) is 10.6. The molecule has 0 amide bonds. The summed E-state index contributed by atoms with van der Waals surface area (Å²) in [5.74, 6) is -5.45. The van der Waals surface area contributed by atoms with Crippen LogP contribution in [0.3, 0.4) is 0 Å². The molecule has 0 fully saturated rings. The maximum Gasteiger partial charge on any atom is 0.379 e. The molecule has 0 radical (unpaired) electrons. The van der Waals surface area contributed by atoms with E-state index in [1.807, 2.05) is 41.5 Å². The summed E-state index contributed by atoms with van der Waals surface area (Å²) in [6.45, 7) is 12.5. The summed E-state index contributed by atoms with van der Waals surface area (Å²) < 4.78 is 33.2. The van der Waals surface area contributed by atoms with E-state index < -0.39 is 28.8 Å². The maximum atomic E-state index is 14.4. The molecular weight excluding hydrogens is 328 g/mol. The van der Waals surface area contributed by atoms with E-state index in [9.17, 15) is 18.7 Å². The van der Waals surface area contributed by atoms with E-state index in [1.165, 1.54) is 19.1 Å². The van der Waals surface area contributed by atoms with Crippen molar-refractivity contribution in [2.24, 2.45) is 5.73 Å². The molecule has 0 aliphatic rings.